The van der Waals surface area contributed by atoms with E-state index in [-0.39, 0.29) is 5.56 Å². The molecule has 0 atom stereocenters. The first-order valence-corrected chi connectivity index (χ1v) is 5.18. The van der Waals surface area contributed by atoms with Crippen molar-refractivity contribution in [3.63, 3.8) is 0 Å². The molecule has 4 nitrogen and oxygen atoms in total. The first-order chi connectivity index (χ1) is 8.09. The quantitative estimate of drug-likeness (QED) is 0.882. The SMILES string of the molecule is CN(C)c1ccc(-c2ccco2)cc1C(=O)O. The van der Waals surface area contributed by atoms with Crippen molar-refractivity contribution in [3.8, 4) is 11.3 Å². The summed E-state index contributed by atoms with van der Waals surface area (Å²) in [5.74, 6) is -0.278. The third-order valence-corrected chi connectivity index (χ3v) is 2.51. The molecule has 1 aromatic heterocycles. The molecule has 0 saturated carbocycles. The van der Waals surface area contributed by atoms with E-state index < -0.39 is 5.97 Å². The highest BCUT2D eigenvalue weighted by Gasteiger charge is 2.13. The van der Waals surface area contributed by atoms with Gasteiger partial charge in [-0.25, -0.2) is 4.79 Å². The Morgan fingerprint density at radius 2 is 2.06 bits per heavy atom. The number of benzene rings is 1. The van der Waals surface area contributed by atoms with Gasteiger partial charge in [0.15, 0.2) is 0 Å². The molecule has 0 unspecified atom stereocenters. The van der Waals surface area contributed by atoms with Crippen molar-refractivity contribution in [2.45, 2.75) is 0 Å². The molecule has 1 heterocycles. The maximum Gasteiger partial charge on any atom is 0.337 e. The average molecular weight is 231 g/mol. The van der Waals surface area contributed by atoms with Crippen LogP contribution in [0.15, 0.2) is 41.0 Å². The van der Waals surface area contributed by atoms with Crippen molar-refractivity contribution in [1.82, 2.24) is 0 Å². The van der Waals surface area contributed by atoms with Crippen LogP contribution in [0.2, 0.25) is 0 Å². The lowest BCUT2D eigenvalue weighted by Gasteiger charge is -2.15. The summed E-state index contributed by atoms with van der Waals surface area (Å²) in [6, 6.07) is 8.82. The van der Waals surface area contributed by atoms with Crippen molar-refractivity contribution < 1.29 is 14.3 Å². The Balaban J connectivity index is 2.53. The van der Waals surface area contributed by atoms with Crippen LogP contribution in [-0.4, -0.2) is 25.2 Å². The summed E-state index contributed by atoms with van der Waals surface area (Å²) < 4.78 is 5.25. The van der Waals surface area contributed by atoms with Crippen molar-refractivity contribution in [3.05, 3.63) is 42.2 Å². The topological polar surface area (TPSA) is 53.7 Å². The van der Waals surface area contributed by atoms with Crippen molar-refractivity contribution in [2.24, 2.45) is 0 Å². The molecule has 2 aromatic rings. The van der Waals surface area contributed by atoms with Gasteiger partial charge in [0.1, 0.15) is 5.76 Å². The van der Waals surface area contributed by atoms with Gasteiger partial charge in [-0.2, -0.15) is 0 Å². The van der Waals surface area contributed by atoms with Crippen molar-refractivity contribution >= 4 is 11.7 Å². The maximum absolute atomic E-state index is 11.2. The van der Waals surface area contributed by atoms with Gasteiger partial charge in [-0.1, -0.05) is 0 Å². The van der Waals surface area contributed by atoms with Crippen LogP contribution >= 0.6 is 0 Å². The number of hydrogen-bond acceptors (Lipinski definition) is 3. The highest BCUT2D eigenvalue weighted by molar-refractivity contribution is 5.95. The minimum absolute atomic E-state index is 0.268. The van der Waals surface area contributed by atoms with Crippen LogP contribution in [0.25, 0.3) is 11.3 Å². The molecular weight excluding hydrogens is 218 g/mol. The number of hydrogen-bond donors (Lipinski definition) is 1. The van der Waals surface area contributed by atoms with Crippen LogP contribution in [0.4, 0.5) is 5.69 Å². The second kappa shape index (κ2) is 4.33. The third kappa shape index (κ3) is 2.15. The minimum atomic E-state index is -0.942. The normalized spacial score (nSPS) is 10.2. The third-order valence-electron chi connectivity index (χ3n) is 2.51. The lowest BCUT2D eigenvalue weighted by Crippen LogP contribution is -2.13. The summed E-state index contributed by atoms with van der Waals surface area (Å²) in [7, 11) is 3.63. The summed E-state index contributed by atoms with van der Waals surface area (Å²) in [5, 5.41) is 9.18. The molecule has 17 heavy (non-hydrogen) atoms. The zero-order valence-electron chi connectivity index (χ0n) is 9.68. The zero-order chi connectivity index (χ0) is 12.4. The van der Waals surface area contributed by atoms with Crippen molar-refractivity contribution in [2.75, 3.05) is 19.0 Å². The van der Waals surface area contributed by atoms with Gasteiger partial charge in [0.2, 0.25) is 0 Å². The van der Waals surface area contributed by atoms with E-state index >= 15 is 0 Å². The fraction of sp³-hybridized carbons (Fsp3) is 0.154. The van der Waals surface area contributed by atoms with E-state index in [0.717, 1.165) is 5.56 Å². The number of carboxylic acids is 1. The minimum Gasteiger partial charge on any atom is -0.478 e. The van der Waals surface area contributed by atoms with E-state index in [1.165, 1.54) is 0 Å². The summed E-state index contributed by atoms with van der Waals surface area (Å²) >= 11 is 0. The lowest BCUT2D eigenvalue weighted by molar-refractivity contribution is 0.0697. The second-order valence-electron chi connectivity index (χ2n) is 3.91. The number of rotatable bonds is 3. The van der Waals surface area contributed by atoms with Gasteiger partial charge in [-0.15, -0.1) is 0 Å². The van der Waals surface area contributed by atoms with Gasteiger partial charge in [0.05, 0.1) is 17.5 Å². The van der Waals surface area contributed by atoms with Crippen molar-refractivity contribution in [1.29, 1.82) is 0 Å². The maximum atomic E-state index is 11.2. The molecule has 0 radical (unpaired) electrons. The molecule has 0 aliphatic carbocycles. The molecule has 0 saturated heterocycles. The molecule has 1 N–H and O–H groups in total. The average Bonchev–Trinajstić information content (AvgIpc) is 2.81. The standard InChI is InChI=1S/C13H13NO3/c1-14(2)11-6-5-9(8-10(11)13(15)16)12-4-3-7-17-12/h3-8H,1-2H3,(H,15,16). The molecule has 0 bridgehead atoms. The van der Waals surface area contributed by atoms with Crippen LogP contribution in [-0.2, 0) is 0 Å². The largest absolute Gasteiger partial charge is 0.478 e. The van der Waals surface area contributed by atoms with Gasteiger partial charge >= 0.3 is 5.97 Å². The van der Waals surface area contributed by atoms with Crippen LogP contribution in [0.5, 0.6) is 0 Å². The summed E-state index contributed by atoms with van der Waals surface area (Å²) in [5.41, 5.74) is 1.70. The Morgan fingerprint density at radius 1 is 1.29 bits per heavy atom. The highest BCUT2D eigenvalue weighted by Crippen LogP contribution is 2.26. The predicted octanol–water partition coefficient (Wildman–Crippen LogP) is 2.71. The zero-order valence-corrected chi connectivity index (χ0v) is 9.68. The highest BCUT2D eigenvalue weighted by atomic mass is 16.4. The number of anilines is 1. The van der Waals surface area contributed by atoms with Gasteiger partial charge < -0.3 is 14.4 Å². The predicted molar refractivity (Wildman–Crippen MR) is 65.4 cm³/mol. The Labute approximate surface area is 99.1 Å². The first-order valence-electron chi connectivity index (χ1n) is 5.18. The molecule has 1 aromatic carbocycles. The van der Waals surface area contributed by atoms with Crippen LogP contribution in [0.1, 0.15) is 10.4 Å². The van der Waals surface area contributed by atoms with Crippen LogP contribution in [0.3, 0.4) is 0 Å². The molecule has 0 aliphatic rings. The van der Waals surface area contributed by atoms with Crippen LogP contribution < -0.4 is 4.90 Å². The summed E-state index contributed by atoms with van der Waals surface area (Å²) in [4.78, 5) is 13.0. The number of carboxylic acid groups (broad SMARTS) is 1. The van der Waals surface area contributed by atoms with Crippen LogP contribution in [0, 0.1) is 0 Å². The van der Waals surface area contributed by atoms with E-state index in [1.807, 2.05) is 20.2 Å². The summed E-state index contributed by atoms with van der Waals surface area (Å²) in [6.07, 6.45) is 1.57. The van der Waals surface area contributed by atoms with Gasteiger partial charge in [-0.05, 0) is 30.3 Å². The number of carbonyl (C=O) groups is 1. The lowest BCUT2D eigenvalue weighted by atomic mass is 10.1. The Hall–Kier alpha value is -2.23. The Morgan fingerprint density at radius 3 is 2.59 bits per heavy atom. The molecule has 0 aliphatic heterocycles. The monoisotopic (exact) mass is 231 g/mol. The first kappa shape index (κ1) is 11.3. The second-order valence-corrected chi connectivity index (χ2v) is 3.91. The molecule has 0 fully saturated rings. The Kier molecular flexibility index (Phi) is 2.87. The fourth-order valence-electron chi connectivity index (χ4n) is 1.69. The number of furan rings is 1. The molecule has 88 valence electrons. The van der Waals surface area contributed by atoms with E-state index in [9.17, 15) is 9.90 Å². The smallest absolute Gasteiger partial charge is 0.337 e. The number of nitrogens with zero attached hydrogens (tertiary/aromatic N) is 1. The fourth-order valence-corrected chi connectivity index (χ4v) is 1.69. The van der Waals surface area contributed by atoms with E-state index in [2.05, 4.69) is 0 Å². The van der Waals surface area contributed by atoms with Gasteiger partial charge in [0.25, 0.3) is 0 Å². The molecule has 0 amide bonds. The van der Waals surface area contributed by atoms with E-state index in [0.29, 0.717) is 11.4 Å². The molecule has 2 rings (SSSR count). The Bertz CT molecular complexity index is 530. The van der Waals surface area contributed by atoms with Gasteiger partial charge in [-0.3, -0.25) is 0 Å². The van der Waals surface area contributed by atoms with Gasteiger partial charge in [0, 0.05) is 19.7 Å². The van der Waals surface area contributed by atoms with E-state index in [1.54, 1.807) is 35.4 Å². The molecular formula is C13H13NO3. The van der Waals surface area contributed by atoms with E-state index in [4.69, 9.17) is 4.42 Å². The number of aromatic carboxylic acids is 1. The molecule has 0 spiro atoms. The molecule has 4 heteroatoms. The summed E-state index contributed by atoms with van der Waals surface area (Å²) in [6.45, 7) is 0.